The zero-order valence-electron chi connectivity index (χ0n) is 10.9. The van der Waals surface area contributed by atoms with Gasteiger partial charge >= 0.3 is 0 Å². The van der Waals surface area contributed by atoms with Gasteiger partial charge < -0.3 is 4.74 Å². The zero-order valence-corrected chi connectivity index (χ0v) is 12.5. The van der Waals surface area contributed by atoms with Crippen molar-refractivity contribution in [1.29, 1.82) is 0 Å². The van der Waals surface area contributed by atoms with E-state index in [4.69, 9.17) is 10.6 Å². The Morgan fingerprint density at radius 1 is 1.53 bits per heavy atom. The minimum atomic E-state index is 0.0944. The summed E-state index contributed by atoms with van der Waals surface area (Å²) < 4.78 is 7.01. The topological polar surface area (TPSA) is 60.2 Å². The quantitative estimate of drug-likeness (QED) is 0.662. The van der Waals surface area contributed by atoms with Gasteiger partial charge in [0.25, 0.3) is 0 Å². The van der Waals surface area contributed by atoms with Crippen molar-refractivity contribution in [1.82, 2.24) is 10.4 Å². The average molecular weight is 326 g/mol. The molecule has 0 bridgehead atoms. The lowest BCUT2D eigenvalue weighted by molar-refractivity contribution is -0.147. The number of hydrogen-bond donors (Lipinski definition) is 2. The van der Waals surface area contributed by atoms with Crippen LogP contribution in [0.5, 0.6) is 0 Å². The Balaban J connectivity index is 1.80. The Labute approximate surface area is 122 Å². The Hall–Kier alpha value is -0.490. The van der Waals surface area contributed by atoms with E-state index in [0.29, 0.717) is 5.92 Å². The molecule has 3 rings (SSSR count). The van der Waals surface area contributed by atoms with Crippen LogP contribution >= 0.6 is 15.9 Å². The summed E-state index contributed by atoms with van der Waals surface area (Å²) in [6.45, 7) is 0.841. The monoisotopic (exact) mass is 325 g/mol. The molecule has 1 aromatic rings. The Bertz CT molecular complexity index is 450. The summed E-state index contributed by atoms with van der Waals surface area (Å²) in [5, 5.41) is 0. The van der Waals surface area contributed by atoms with Crippen molar-refractivity contribution in [3.8, 4) is 0 Å². The number of aromatic nitrogens is 1. The predicted molar refractivity (Wildman–Crippen MR) is 77.3 cm³/mol. The molecule has 2 fully saturated rings. The Morgan fingerprint density at radius 2 is 2.37 bits per heavy atom. The van der Waals surface area contributed by atoms with Gasteiger partial charge in [0.1, 0.15) is 0 Å². The number of pyridine rings is 1. The highest BCUT2D eigenvalue weighted by Gasteiger charge is 2.44. The smallest absolute Gasteiger partial charge is 0.0731 e. The van der Waals surface area contributed by atoms with E-state index in [9.17, 15) is 0 Å². The number of halogens is 1. The summed E-state index contributed by atoms with van der Waals surface area (Å²) in [7, 11) is 0. The van der Waals surface area contributed by atoms with Crippen LogP contribution < -0.4 is 11.3 Å². The number of hydrogen-bond acceptors (Lipinski definition) is 4. The molecule has 1 aliphatic carbocycles. The van der Waals surface area contributed by atoms with Gasteiger partial charge in [0.2, 0.25) is 0 Å². The van der Waals surface area contributed by atoms with Gasteiger partial charge in [0, 0.05) is 17.3 Å². The van der Waals surface area contributed by atoms with Crippen LogP contribution in [0.1, 0.15) is 43.8 Å². The molecule has 1 aromatic heterocycles. The minimum Gasteiger partial charge on any atom is -0.375 e. The maximum atomic E-state index is 5.99. The van der Waals surface area contributed by atoms with Crippen LogP contribution in [0.25, 0.3) is 0 Å². The van der Waals surface area contributed by atoms with Crippen LogP contribution in [-0.4, -0.2) is 17.2 Å². The molecule has 0 radical (unpaired) electrons. The first-order valence-electron chi connectivity index (χ1n) is 6.95. The van der Waals surface area contributed by atoms with Gasteiger partial charge in [-0.15, -0.1) is 0 Å². The molecule has 3 N–H and O–H groups in total. The fourth-order valence-electron chi connectivity index (χ4n) is 3.33. The molecule has 19 heavy (non-hydrogen) atoms. The van der Waals surface area contributed by atoms with Crippen molar-refractivity contribution in [2.45, 2.75) is 43.7 Å². The number of nitrogens with one attached hydrogen (secondary N) is 1. The van der Waals surface area contributed by atoms with Gasteiger partial charge in [0.05, 0.1) is 17.3 Å². The molecule has 104 valence electrons. The van der Waals surface area contributed by atoms with E-state index in [1.54, 1.807) is 0 Å². The zero-order chi connectivity index (χ0) is 13.3. The lowest BCUT2D eigenvalue weighted by Gasteiger charge is -2.48. The van der Waals surface area contributed by atoms with Crippen LogP contribution in [0, 0.1) is 5.92 Å². The summed E-state index contributed by atoms with van der Waals surface area (Å²) in [6, 6.07) is 4.04. The normalized spacial score (nSPS) is 26.9. The third kappa shape index (κ3) is 2.57. The highest BCUT2D eigenvalue weighted by Crippen LogP contribution is 2.47. The molecule has 1 saturated heterocycles. The highest BCUT2D eigenvalue weighted by atomic mass is 79.9. The van der Waals surface area contributed by atoms with E-state index in [2.05, 4.69) is 26.3 Å². The fraction of sp³-hybridized carbons (Fsp3) is 0.643. The highest BCUT2D eigenvalue weighted by molar-refractivity contribution is 9.10. The van der Waals surface area contributed by atoms with E-state index < -0.39 is 0 Å². The molecule has 1 spiro atoms. The van der Waals surface area contributed by atoms with E-state index in [-0.39, 0.29) is 11.6 Å². The molecule has 0 aromatic carbocycles. The minimum absolute atomic E-state index is 0.0944. The summed E-state index contributed by atoms with van der Waals surface area (Å²) in [5.41, 5.74) is 4.11. The second kappa shape index (κ2) is 5.48. The predicted octanol–water partition coefficient (Wildman–Crippen LogP) is 2.70. The summed E-state index contributed by atoms with van der Waals surface area (Å²) >= 11 is 3.57. The van der Waals surface area contributed by atoms with Crippen molar-refractivity contribution in [2.75, 3.05) is 6.61 Å². The molecule has 0 amide bonds. The van der Waals surface area contributed by atoms with E-state index in [1.807, 2.05) is 18.3 Å². The van der Waals surface area contributed by atoms with Gasteiger partial charge in [-0.1, -0.05) is 0 Å². The largest absolute Gasteiger partial charge is 0.375 e. The van der Waals surface area contributed by atoms with Crippen LogP contribution in [0.4, 0.5) is 0 Å². The Kier molecular flexibility index (Phi) is 3.89. The van der Waals surface area contributed by atoms with E-state index in [0.717, 1.165) is 29.6 Å². The number of nitrogens with two attached hydrogens (primary N) is 1. The lowest BCUT2D eigenvalue weighted by Crippen LogP contribution is -2.48. The molecule has 4 nitrogen and oxygen atoms in total. The van der Waals surface area contributed by atoms with Crippen LogP contribution in [-0.2, 0) is 4.74 Å². The maximum absolute atomic E-state index is 5.99. The summed E-state index contributed by atoms with van der Waals surface area (Å²) in [5.74, 6) is 6.29. The maximum Gasteiger partial charge on any atom is 0.0731 e. The fourth-order valence-corrected chi connectivity index (χ4v) is 3.84. The summed E-state index contributed by atoms with van der Waals surface area (Å²) in [6.07, 6.45) is 7.64. The van der Waals surface area contributed by atoms with E-state index in [1.165, 1.54) is 19.3 Å². The summed E-state index contributed by atoms with van der Waals surface area (Å²) in [4.78, 5) is 4.49. The van der Waals surface area contributed by atoms with E-state index >= 15 is 0 Å². The second-order valence-corrected chi connectivity index (χ2v) is 6.51. The van der Waals surface area contributed by atoms with Crippen LogP contribution in [0.3, 0.4) is 0 Å². The molecule has 5 heteroatoms. The first-order chi connectivity index (χ1) is 9.24. The third-order valence-electron chi connectivity index (χ3n) is 4.53. The van der Waals surface area contributed by atoms with Crippen molar-refractivity contribution < 1.29 is 4.74 Å². The molecule has 1 aliphatic heterocycles. The molecule has 2 aliphatic rings. The molecule has 1 saturated carbocycles. The molecule has 2 atom stereocenters. The lowest BCUT2D eigenvalue weighted by atomic mass is 9.70. The van der Waals surface area contributed by atoms with Crippen molar-refractivity contribution in [3.05, 3.63) is 28.5 Å². The first kappa shape index (κ1) is 13.5. The number of nitrogens with zero attached hydrogens (tertiary/aromatic N) is 1. The first-order valence-corrected chi connectivity index (χ1v) is 7.74. The standard InChI is InChI=1S/C14H20BrN3O/c15-11-3-1-7-17-13(11)12(18-16)10-4-8-19-14(9-10)5-2-6-14/h1,3,7,10,12,18H,2,4-6,8-9,16H2. The van der Waals surface area contributed by atoms with Gasteiger partial charge in [-0.2, -0.15) is 0 Å². The van der Waals surface area contributed by atoms with Gasteiger partial charge in [-0.25, -0.2) is 0 Å². The molecular weight excluding hydrogens is 306 g/mol. The van der Waals surface area contributed by atoms with Gasteiger partial charge in [-0.3, -0.25) is 16.3 Å². The molecule has 2 heterocycles. The Morgan fingerprint density at radius 3 is 3.00 bits per heavy atom. The molecular formula is C14H20BrN3O. The van der Waals surface area contributed by atoms with Crippen LogP contribution in [0.2, 0.25) is 0 Å². The SMILES string of the molecule is NNC(c1ncccc1Br)C1CCOC2(CCC2)C1. The van der Waals surface area contributed by atoms with Crippen LogP contribution in [0.15, 0.2) is 22.8 Å². The second-order valence-electron chi connectivity index (χ2n) is 5.65. The molecule has 2 unspecified atom stereocenters. The third-order valence-corrected chi connectivity index (χ3v) is 5.20. The van der Waals surface area contributed by atoms with Gasteiger partial charge in [0.15, 0.2) is 0 Å². The average Bonchev–Trinajstić information content (AvgIpc) is 2.40. The number of ether oxygens (including phenoxy) is 1. The van der Waals surface area contributed by atoms with Crippen molar-refractivity contribution in [2.24, 2.45) is 11.8 Å². The number of rotatable bonds is 3. The number of hydrazine groups is 1. The van der Waals surface area contributed by atoms with Gasteiger partial charge in [-0.05, 0) is 66.1 Å². The van der Waals surface area contributed by atoms with Crippen molar-refractivity contribution in [3.63, 3.8) is 0 Å². The van der Waals surface area contributed by atoms with Crippen molar-refractivity contribution >= 4 is 15.9 Å².